The minimum absolute atomic E-state index is 0.129. The highest BCUT2D eigenvalue weighted by atomic mass is 16.4. The summed E-state index contributed by atoms with van der Waals surface area (Å²) in [5.74, 6) is -0.292. The Balaban J connectivity index is 2.16. The first kappa shape index (κ1) is 9.65. The molecule has 0 aliphatic heterocycles. The van der Waals surface area contributed by atoms with Gasteiger partial charge in [0.05, 0.1) is 6.26 Å². The number of rotatable bonds is 2. The van der Waals surface area contributed by atoms with Crippen LogP contribution in [0.15, 0.2) is 41.1 Å². The number of aromatic carboxylic acids is 1. The Labute approximate surface area is 95.7 Å². The van der Waals surface area contributed by atoms with Crippen LogP contribution in [0.4, 0.5) is 0 Å². The van der Waals surface area contributed by atoms with Crippen LogP contribution >= 0.6 is 0 Å². The van der Waals surface area contributed by atoms with Crippen LogP contribution in [-0.4, -0.2) is 21.0 Å². The van der Waals surface area contributed by atoms with Crippen molar-refractivity contribution in [2.45, 2.75) is 0 Å². The van der Waals surface area contributed by atoms with Crippen LogP contribution in [0.1, 0.15) is 10.5 Å². The van der Waals surface area contributed by atoms with Crippen LogP contribution in [0, 0.1) is 0 Å². The number of carbonyl (C=O) groups is 1. The fourth-order valence-corrected chi connectivity index (χ4v) is 1.71. The predicted molar refractivity (Wildman–Crippen MR) is 60.8 cm³/mol. The summed E-state index contributed by atoms with van der Waals surface area (Å²) in [6.45, 7) is 0. The molecule has 0 aliphatic rings. The van der Waals surface area contributed by atoms with Crippen molar-refractivity contribution >= 4 is 17.0 Å². The fourth-order valence-electron chi connectivity index (χ4n) is 1.71. The lowest BCUT2D eigenvalue weighted by atomic mass is 10.2. The SMILES string of the molecule is O=C(O)c1cc2cc(-c3ccco3)cnc2[nH]1. The summed E-state index contributed by atoms with van der Waals surface area (Å²) in [4.78, 5) is 17.7. The van der Waals surface area contributed by atoms with Crippen LogP contribution in [-0.2, 0) is 0 Å². The summed E-state index contributed by atoms with van der Waals surface area (Å²) in [5.41, 5.74) is 1.50. The van der Waals surface area contributed by atoms with Gasteiger partial charge in [0.1, 0.15) is 17.1 Å². The molecule has 0 unspecified atom stereocenters. The van der Waals surface area contributed by atoms with Gasteiger partial charge in [0.2, 0.25) is 0 Å². The molecule has 0 saturated carbocycles. The minimum atomic E-state index is -0.998. The summed E-state index contributed by atoms with van der Waals surface area (Å²) in [7, 11) is 0. The second-order valence-corrected chi connectivity index (χ2v) is 3.63. The number of hydrogen-bond donors (Lipinski definition) is 2. The summed E-state index contributed by atoms with van der Waals surface area (Å²) in [6, 6.07) is 7.01. The largest absolute Gasteiger partial charge is 0.477 e. The fraction of sp³-hybridized carbons (Fsp3) is 0. The van der Waals surface area contributed by atoms with Crippen molar-refractivity contribution in [1.29, 1.82) is 0 Å². The van der Waals surface area contributed by atoms with E-state index >= 15 is 0 Å². The molecule has 0 saturated heterocycles. The molecule has 2 N–H and O–H groups in total. The highest BCUT2D eigenvalue weighted by Gasteiger charge is 2.09. The third kappa shape index (κ3) is 1.57. The van der Waals surface area contributed by atoms with Crippen molar-refractivity contribution in [1.82, 2.24) is 9.97 Å². The number of carboxylic acids is 1. The van der Waals surface area contributed by atoms with E-state index in [1.165, 1.54) is 0 Å². The maximum atomic E-state index is 10.8. The van der Waals surface area contributed by atoms with E-state index in [4.69, 9.17) is 9.52 Å². The first-order valence-electron chi connectivity index (χ1n) is 5.00. The Hall–Kier alpha value is -2.56. The van der Waals surface area contributed by atoms with Crippen molar-refractivity contribution in [2.75, 3.05) is 0 Å². The monoisotopic (exact) mass is 228 g/mol. The third-order valence-electron chi connectivity index (χ3n) is 2.51. The lowest BCUT2D eigenvalue weighted by Gasteiger charge is -1.95. The molecule has 0 aromatic carbocycles. The number of fused-ring (bicyclic) bond motifs is 1. The second kappa shape index (κ2) is 3.48. The highest BCUT2D eigenvalue weighted by Crippen LogP contribution is 2.23. The van der Waals surface area contributed by atoms with Gasteiger partial charge in [-0.15, -0.1) is 0 Å². The zero-order valence-electron chi connectivity index (χ0n) is 8.68. The van der Waals surface area contributed by atoms with Gasteiger partial charge in [-0.25, -0.2) is 9.78 Å². The van der Waals surface area contributed by atoms with Gasteiger partial charge < -0.3 is 14.5 Å². The lowest BCUT2D eigenvalue weighted by Crippen LogP contribution is -1.94. The van der Waals surface area contributed by atoms with E-state index in [0.717, 1.165) is 10.9 Å². The topological polar surface area (TPSA) is 79.1 Å². The van der Waals surface area contributed by atoms with Gasteiger partial charge in [0, 0.05) is 17.1 Å². The van der Waals surface area contributed by atoms with Crippen molar-refractivity contribution < 1.29 is 14.3 Å². The molecule has 3 aromatic heterocycles. The van der Waals surface area contributed by atoms with E-state index in [2.05, 4.69) is 9.97 Å². The van der Waals surface area contributed by atoms with E-state index in [0.29, 0.717) is 11.4 Å². The van der Waals surface area contributed by atoms with Gasteiger partial charge in [0.15, 0.2) is 0 Å². The molecule has 5 heteroatoms. The molecule has 3 aromatic rings. The highest BCUT2D eigenvalue weighted by molar-refractivity contribution is 5.93. The molecule has 3 rings (SSSR count). The van der Waals surface area contributed by atoms with Crippen molar-refractivity contribution in [3.63, 3.8) is 0 Å². The van der Waals surface area contributed by atoms with Crippen LogP contribution < -0.4 is 0 Å². The molecule has 5 nitrogen and oxygen atoms in total. The van der Waals surface area contributed by atoms with Crippen molar-refractivity contribution in [2.24, 2.45) is 0 Å². The van der Waals surface area contributed by atoms with Gasteiger partial charge in [-0.05, 0) is 24.3 Å². The Morgan fingerprint density at radius 1 is 1.41 bits per heavy atom. The molecule has 0 atom stereocenters. The molecule has 0 spiro atoms. The number of furan rings is 1. The zero-order chi connectivity index (χ0) is 11.8. The summed E-state index contributed by atoms with van der Waals surface area (Å²) >= 11 is 0. The third-order valence-corrected chi connectivity index (χ3v) is 2.51. The molecular weight excluding hydrogens is 220 g/mol. The van der Waals surface area contributed by atoms with Gasteiger partial charge in [-0.2, -0.15) is 0 Å². The van der Waals surface area contributed by atoms with E-state index in [1.54, 1.807) is 24.6 Å². The molecule has 3 heterocycles. The normalized spacial score (nSPS) is 10.8. The number of aromatic amines is 1. The van der Waals surface area contributed by atoms with Crippen LogP contribution in [0.25, 0.3) is 22.4 Å². The van der Waals surface area contributed by atoms with Gasteiger partial charge in [-0.3, -0.25) is 0 Å². The smallest absolute Gasteiger partial charge is 0.352 e. The summed E-state index contributed by atoms with van der Waals surface area (Å²) in [5, 5.41) is 9.61. The molecule has 17 heavy (non-hydrogen) atoms. The molecule has 84 valence electrons. The molecule has 0 fully saturated rings. The maximum Gasteiger partial charge on any atom is 0.352 e. The van der Waals surface area contributed by atoms with E-state index in [-0.39, 0.29) is 5.69 Å². The van der Waals surface area contributed by atoms with E-state index in [1.807, 2.05) is 12.1 Å². The number of hydrogen-bond acceptors (Lipinski definition) is 3. The number of carboxylic acid groups (broad SMARTS) is 1. The zero-order valence-corrected chi connectivity index (χ0v) is 8.68. The lowest BCUT2D eigenvalue weighted by molar-refractivity contribution is 0.0691. The summed E-state index contributed by atoms with van der Waals surface area (Å²) in [6.07, 6.45) is 3.22. The quantitative estimate of drug-likeness (QED) is 0.706. The minimum Gasteiger partial charge on any atom is -0.477 e. The number of pyridine rings is 1. The van der Waals surface area contributed by atoms with Gasteiger partial charge >= 0.3 is 5.97 Å². The second-order valence-electron chi connectivity index (χ2n) is 3.63. The van der Waals surface area contributed by atoms with E-state index < -0.39 is 5.97 Å². The van der Waals surface area contributed by atoms with Crippen molar-refractivity contribution in [3.05, 3.63) is 42.4 Å². The average Bonchev–Trinajstić information content (AvgIpc) is 2.97. The van der Waals surface area contributed by atoms with Crippen molar-refractivity contribution in [3.8, 4) is 11.3 Å². The Bertz CT molecular complexity index is 683. The first-order valence-corrected chi connectivity index (χ1v) is 5.00. The van der Waals surface area contributed by atoms with Gasteiger partial charge in [0.25, 0.3) is 0 Å². The molecule has 0 bridgehead atoms. The van der Waals surface area contributed by atoms with E-state index in [9.17, 15) is 4.79 Å². The number of nitrogens with one attached hydrogen (secondary N) is 1. The van der Waals surface area contributed by atoms with Crippen LogP contribution in [0.2, 0.25) is 0 Å². The number of aromatic nitrogens is 2. The van der Waals surface area contributed by atoms with Crippen LogP contribution in [0.3, 0.4) is 0 Å². The molecule has 0 amide bonds. The molecule has 0 radical (unpaired) electrons. The maximum absolute atomic E-state index is 10.8. The Morgan fingerprint density at radius 2 is 2.29 bits per heavy atom. The molecular formula is C12H8N2O3. The Kier molecular flexibility index (Phi) is 1.98. The predicted octanol–water partition coefficient (Wildman–Crippen LogP) is 2.52. The number of nitrogens with zero attached hydrogens (tertiary/aromatic N) is 1. The molecule has 0 aliphatic carbocycles. The number of H-pyrrole nitrogens is 1. The van der Waals surface area contributed by atoms with Gasteiger partial charge in [-0.1, -0.05) is 0 Å². The Morgan fingerprint density at radius 3 is 3.00 bits per heavy atom. The summed E-state index contributed by atoms with van der Waals surface area (Å²) < 4.78 is 5.26. The van der Waals surface area contributed by atoms with Crippen LogP contribution in [0.5, 0.6) is 0 Å². The first-order chi connectivity index (χ1) is 8.24. The average molecular weight is 228 g/mol. The standard InChI is InChI=1S/C12H8N2O3/c15-12(16)9-5-7-4-8(6-13-11(7)14-9)10-2-1-3-17-10/h1-6H,(H,13,14)(H,15,16).